The van der Waals surface area contributed by atoms with E-state index in [9.17, 15) is 15.2 Å². The molecule has 0 radical (unpaired) electrons. The Kier molecular flexibility index (Phi) is 5.03. The summed E-state index contributed by atoms with van der Waals surface area (Å²) in [5.74, 6) is 0.282. The van der Waals surface area contributed by atoms with Crippen LogP contribution in [0.15, 0.2) is 24.3 Å². The van der Waals surface area contributed by atoms with Crippen molar-refractivity contribution in [2.45, 2.75) is 38.9 Å². The van der Waals surface area contributed by atoms with Crippen molar-refractivity contribution in [1.29, 1.82) is 5.26 Å². The van der Waals surface area contributed by atoms with Gasteiger partial charge >= 0.3 is 5.97 Å². The van der Waals surface area contributed by atoms with Crippen LogP contribution in [0.2, 0.25) is 5.02 Å². The zero-order valence-electron chi connectivity index (χ0n) is 17.6. The van der Waals surface area contributed by atoms with Crippen LogP contribution in [0.1, 0.15) is 40.3 Å². The highest BCUT2D eigenvalue weighted by Gasteiger charge is 2.44. The highest BCUT2D eigenvalue weighted by atomic mass is 35.5. The van der Waals surface area contributed by atoms with Gasteiger partial charge in [0.25, 0.3) is 0 Å². The molecule has 2 aromatic heterocycles. The van der Waals surface area contributed by atoms with Gasteiger partial charge in [-0.15, -0.1) is 0 Å². The number of esters is 1. The topological polar surface area (TPSA) is 104 Å². The van der Waals surface area contributed by atoms with Gasteiger partial charge < -0.3 is 14.4 Å². The normalized spacial score (nSPS) is 17.0. The average molecular weight is 452 g/mol. The number of hydrogen-bond donors (Lipinski definition) is 1. The molecule has 3 heterocycles. The van der Waals surface area contributed by atoms with Gasteiger partial charge in [-0.05, 0) is 49.1 Å². The Bertz CT molecular complexity index is 1270. The molecular formula is C23H22ClN5O3. The van der Waals surface area contributed by atoms with Crippen molar-refractivity contribution in [2.24, 2.45) is 5.41 Å². The molecular weight excluding hydrogens is 430 g/mol. The molecule has 1 aliphatic carbocycles. The van der Waals surface area contributed by atoms with Crippen LogP contribution >= 0.6 is 11.6 Å². The van der Waals surface area contributed by atoms with E-state index in [2.05, 4.69) is 20.5 Å². The lowest BCUT2D eigenvalue weighted by molar-refractivity contribution is 0.0601. The number of ether oxygens (including phenoxy) is 1. The molecule has 1 fully saturated rings. The van der Waals surface area contributed by atoms with Gasteiger partial charge in [0.05, 0.1) is 47.4 Å². The van der Waals surface area contributed by atoms with E-state index in [0.717, 1.165) is 53.9 Å². The van der Waals surface area contributed by atoms with Gasteiger partial charge in [-0.1, -0.05) is 11.6 Å². The van der Waals surface area contributed by atoms with Gasteiger partial charge in [-0.25, -0.2) is 14.8 Å². The van der Waals surface area contributed by atoms with Gasteiger partial charge in [0.1, 0.15) is 10.8 Å². The van der Waals surface area contributed by atoms with E-state index in [4.69, 9.17) is 21.3 Å². The summed E-state index contributed by atoms with van der Waals surface area (Å²) in [7, 11) is 1.36. The molecule has 0 bridgehead atoms. The lowest BCUT2D eigenvalue weighted by Crippen LogP contribution is -2.32. The van der Waals surface area contributed by atoms with Crippen LogP contribution in [0.25, 0.3) is 11.0 Å². The molecule has 1 aromatic carbocycles. The summed E-state index contributed by atoms with van der Waals surface area (Å²) in [6.45, 7) is 2.48. The molecule has 164 valence electrons. The van der Waals surface area contributed by atoms with E-state index in [1.807, 2.05) is 6.07 Å². The fraction of sp³-hybridized carbons (Fsp3) is 0.391. The zero-order valence-corrected chi connectivity index (χ0v) is 18.4. The molecule has 5 rings (SSSR count). The van der Waals surface area contributed by atoms with Crippen LogP contribution in [-0.2, 0) is 30.8 Å². The van der Waals surface area contributed by atoms with Gasteiger partial charge in [-0.3, -0.25) is 4.90 Å². The number of nitrogens with zero attached hydrogens (tertiary/aromatic N) is 5. The summed E-state index contributed by atoms with van der Waals surface area (Å²) >= 11 is 6.01. The van der Waals surface area contributed by atoms with Crippen LogP contribution < -0.4 is 0 Å². The standard InChI is InChI=1S/C23H22ClN5O3/c1-32-22(31)15-2-3-17-19(9-15)29(13-23(12-25)5-6-23)20(26-17)11-28-7-4-14-8-16(24)21(30)27-18(14)10-28/h2-3,8-9H,4-7,10-11,13H2,1H3,(H,27,30). The predicted molar refractivity (Wildman–Crippen MR) is 117 cm³/mol. The minimum Gasteiger partial charge on any atom is -0.492 e. The monoisotopic (exact) mass is 451 g/mol. The number of imidazole rings is 1. The van der Waals surface area contributed by atoms with Crippen molar-refractivity contribution in [1.82, 2.24) is 19.4 Å². The van der Waals surface area contributed by atoms with Gasteiger partial charge in [0.2, 0.25) is 5.88 Å². The van der Waals surface area contributed by atoms with Crippen molar-refractivity contribution in [2.75, 3.05) is 13.7 Å². The van der Waals surface area contributed by atoms with Crippen molar-refractivity contribution in [3.8, 4) is 11.9 Å². The molecule has 0 amide bonds. The summed E-state index contributed by atoms with van der Waals surface area (Å²) in [5, 5.41) is 19.8. The number of methoxy groups -OCH3 is 1. The molecule has 0 unspecified atom stereocenters. The summed E-state index contributed by atoms with van der Waals surface area (Å²) in [6, 6.07) is 9.56. The number of hydrogen-bond acceptors (Lipinski definition) is 7. The zero-order chi connectivity index (χ0) is 22.5. The molecule has 8 nitrogen and oxygen atoms in total. The fourth-order valence-electron chi connectivity index (χ4n) is 4.29. The summed E-state index contributed by atoms with van der Waals surface area (Å²) in [4.78, 5) is 23.4. The second-order valence-electron chi connectivity index (χ2n) is 8.56. The smallest absolute Gasteiger partial charge is 0.337 e. The van der Waals surface area contributed by atoms with Gasteiger partial charge in [0, 0.05) is 19.6 Å². The Morgan fingerprint density at radius 2 is 2.16 bits per heavy atom. The molecule has 0 saturated heterocycles. The molecule has 3 aromatic rings. The largest absolute Gasteiger partial charge is 0.492 e. The Balaban J connectivity index is 1.49. The molecule has 1 aliphatic heterocycles. The maximum atomic E-state index is 12.1. The molecule has 0 atom stereocenters. The molecule has 2 aliphatic rings. The number of carbonyl (C=O) groups excluding carboxylic acids is 1. The first-order chi connectivity index (χ1) is 15.4. The Morgan fingerprint density at radius 3 is 2.88 bits per heavy atom. The first kappa shape index (κ1) is 20.7. The highest BCUT2D eigenvalue weighted by molar-refractivity contribution is 6.31. The summed E-state index contributed by atoms with van der Waals surface area (Å²) in [6.07, 6.45) is 2.50. The van der Waals surface area contributed by atoms with E-state index in [1.165, 1.54) is 7.11 Å². The number of aromatic hydroxyl groups is 1. The van der Waals surface area contributed by atoms with Crippen molar-refractivity contribution >= 4 is 28.6 Å². The van der Waals surface area contributed by atoms with Crippen molar-refractivity contribution < 1.29 is 14.6 Å². The lowest BCUT2D eigenvalue weighted by Gasteiger charge is -2.28. The van der Waals surface area contributed by atoms with Gasteiger partial charge in [-0.2, -0.15) is 5.26 Å². The second-order valence-corrected chi connectivity index (χ2v) is 8.97. The SMILES string of the molecule is COC(=O)c1ccc2nc(CN3CCc4cc(Cl)c(O)nc4C3)n(CC3(C#N)CC3)c2c1. The van der Waals surface area contributed by atoms with Crippen LogP contribution in [0, 0.1) is 16.7 Å². The average Bonchev–Trinajstić information content (AvgIpc) is 3.50. The molecule has 1 N–H and O–H groups in total. The number of rotatable bonds is 5. The van der Waals surface area contributed by atoms with Crippen LogP contribution in [0.5, 0.6) is 5.88 Å². The minimum absolute atomic E-state index is 0.153. The van der Waals surface area contributed by atoms with Crippen LogP contribution in [-0.4, -0.2) is 44.2 Å². The number of benzene rings is 1. The quantitative estimate of drug-likeness (QED) is 0.592. The fourth-order valence-corrected chi connectivity index (χ4v) is 4.46. The van der Waals surface area contributed by atoms with E-state index in [-0.39, 0.29) is 16.3 Å². The Morgan fingerprint density at radius 1 is 1.34 bits per heavy atom. The number of nitriles is 1. The van der Waals surface area contributed by atoms with Crippen molar-refractivity contribution in [3.05, 3.63) is 51.9 Å². The van der Waals surface area contributed by atoms with E-state index in [0.29, 0.717) is 25.2 Å². The second kappa shape index (κ2) is 7.76. The van der Waals surface area contributed by atoms with Gasteiger partial charge in [0.15, 0.2) is 0 Å². The molecule has 1 saturated carbocycles. The van der Waals surface area contributed by atoms with E-state index >= 15 is 0 Å². The summed E-state index contributed by atoms with van der Waals surface area (Å²) < 4.78 is 6.94. The maximum absolute atomic E-state index is 12.1. The number of pyridine rings is 1. The predicted octanol–water partition coefficient (Wildman–Crippen LogP) is 3.44. The Hall–Kier alpha value is -3.15. The first-order valence-corrected chi connectivity index (χ1v) is 10.9. The van der Waals surface area contributed by atoms with Crippen LogP contribution in [0.4, 0.5) is 0 Å². The lowest BCUT2D eigenvalue weighted by atomic mass is 10.1. The minimum atomic E-state index is -0.403. The third kappa shape index (κ3) is 3.68. The summed E-state index contributed by atoms with van der Waals surface area (Å²) in [5.41, 5.74) is 3.54. The van der Waals surface area contributed by atoms with E-state index < -0.39 is 5.97 Å². The maximum Gasteiger partial charge on any atom is 0.337 e. The first-order valence-electron chi connectivity index (χ1n) is 10.5. The number of aromatic nitrogens is 3. The third-order valence-electron chi connectivity index (χ3n) is 6.36. The molecule has 0 spiro atoms. The molecule has 9 heteroatoms. The molecule has 32 heavy (non-hydrogen) atoms. The number of halogens is 1. The van der Waals surface area contributed by atoms with Crippen LogP contribution in [0.3, 0.4) is 0 Å². The van der Waals surface area contributed by atoms with E-state index in [1.54, 1.807) is 18.2 Å². The van der Waals surface area contributed by atoms with Crippen molar-refractivity contribution in [3.63, 3.8) is 0 Å². The number of fused-ring (bicyclic) bond motifs is 2. The Labute approximate surface area is 190 Å². The number of carbonyl (C=O) groups is 1. The third-order valence-corrected chi connectivity index (χ3v) is 6.64. The highest BCUT2D eigenvalue weighted by Crippen LogP contribution is 2.47.